The van der Waals surface area contributed by atoms with Crippen LogP contribution in [0.3, 0.4) is 0 Å². The molecule has 0 bridgehead atoms. The van der Waals surface area contributed by atoms with E-state index in [1.54, 1.807) is 11.3 Å². The summed E-state index contributed by atoms with van der Waals surface area (Å²) in [5, 5.41) is 4.02. The molecule has 40 valence electrons. The topological polar surface area (TPSA) is 0 Å². The van der Waals surface area contributed by atoms with E-state index in [-0.39, 0.29) is 0 Å². The number of halogens is 1. The number of hydrogen-bond acceptors (Lipinski definition) is 1. The molecule has 1 aromatic rings. The Morgan fingerprint density at radius 1 is 1.75 bits per heavy atom. The summed E-state index contributed by atoms with van der Waals surface area (Å²) < 4.78 is 0. The Hall–Kier alpha value is 0.803. The fraction of sp³-hybridized carbons (Fsp3) is 0.200. The summed E-state index contributed by atoms with van der Waals surface area (Å²) in [4.78, 5) is 0. The summed E-state index contributed by atoms with van der Waals surface area (Å²) in [6.07, 6.45) is 0. The molecule has 0 nitrogen and oxygen atoms in total. The van der Waals surface area contributed by atoms with Crippen LogP contribution in [0.5, 0.6) is 0 Å². The number of rotatable bonds is 0. The minimum atomic E-state index is 1.19. The first-order valence-corrected chi connectivity index (χ1v) is 9.96. The zero-order valence-electron chi connectivity index (χ0n) is 4.65. The van der Waals surface area contributed by atoms with Gasteiger partial charge in [-0.05, 0) is 0 Å². The van der Waals surface area contributed by atoms with E-state index in [0.717, 1.165) is 0 Å². The number of thiophene rings is 1. The van der Waals surface area contributed by atoms with Crippen molar-refractivity contribution in [1.29, 1.82) is 0 Å². The van der Waals surface area contributed by atoms with Crippen LogP contribution in [0.4, 0.5) is 0 Å². The number of hydrogen-bond donors (Lipinski definition) is 0. The van der Waals surface area contributed by atoms with Gasteiger partial charge in [0.25, 0.3) is 0 Å². The van der Waals surface area contributed by atoms with E-state index in [2.05, 4.69) is 25.1 Å². The van der Waals surface area contributed by atoms with Crippen LogP contribution in [0.1, 0.15) is 5.56 Å². The van der Waals surface area contributed by atoms with Crippen LogP contribution in [0.15, 0.2) is 10.8 Å². The molecular formula is C5H5BrSZn. The molecule has 0 saturated carbocycles. The van der Waals surface area contributed by atoms with Crippen molar-refractivity contribution in [2.75, 3.05) is 0 Å². The third-order valence-electron chi connectivity index (χ3n) is 0.599. The maximum atomic E-state index is 3.06. The molecule has 1 aromatic heterocycles. The van der Waals surface area contributed by atoms with Crippen molar-refractivity contribution in [3.8, 4) is 0 Å². The Kier molecular flexibility index (Phi) is 6.53. The molecule has 0 amide bonds. The molecule has 1 heterocycles. The molecule has 0 spiro atoms. The van der Waals surface area contributed by atoms with Crippen molar-refractivity contribution in [2.24, 2.45) is 0 Å². The first-order chi connectivity index (χ1) is 3.89. The van der Waals surface area contributed by atoms with Crippen molar-refractivity contribution < 1.29 is 16.3 Å². The van der Waals surface area contributed by atoms with Crippen molar-refractivity contribution in [3.63, 3.8) is 0 Å². The van der Waals surface area contributed by atoms with Crippen LogP contribution in [-0.4, -0.2) is 0 Å². The Morgan fingerprint density at radius 3 is 2.50 bits per heavy atom. The Bertz CT molecular complexity index is 116. The number of aryl methyl sites for hydroxylation is 1. The van der Waals surface area contributed by atoms with Crippen LogP contribution in [0.25, 0.3) is 0 Å². The van der Waals surface area contributed by atoms with E-state index in [1.165, 1.54) is 21.9 Å². The predicted molar refractivity (Wildman–Crippen MR) is 36.8 cm³/mol. The van der Waals surface area contributed by atoms with Gasteiger partial charge in [-0.3, -0.25) is 11.3 Å². The molecule has 0 N–H and O–H groups in total. The molecule has 0 radical (unpaired) electrons. The van der Waals surface area contributed by atoms with Crippen molar-refractivity contribution in [1.82, 2.24) is 0 Å². The van der Waals surface area contributed by atoms with Crippen LogP contribution >= 0.6 is 25.0 Å². The standard InChI is InChI=1S/C5H5S.BrH.Zn/c1-5-2-3-6-4-5;;/h3-4H,1H3;1H;/q-1;;+2/p-1. The van der Waals surface area contributed by atoms with Crippen LogP contribution in [-0.2, 0) is 16.3 Å². The predicted octanol–water partition coefficient (Wildman–Crippen LogP) is 2.70. The van der Waals surface area contributed by atoms with Crippen molar-refractivity contribution in [3.05, 3.63) is 22.4 Å². The van der Waals surface area contributed by atoms with E-state index in [9.17, 15) is 0 Å². The monoisotopic (exact) mass is 240 g/mol. The molecule has 0 aliphatic rings. The zero-order chi connectivity index (χ0) is 6.41. The average Bonchev–Trinajstić information content (AvgIpc) is 2.24. The summed E-state index contributed by atoms with van der Waals surface area (Å²) in [6.45, 7) is 2.04. The molecule has 8 heavy (non-hydrogen) atoms. The molecule has 0 unspecified atom stereocenters. The molecule has 0 atom stereocenters. The van der Waals surface area contributed by atoms with E-state index in [4.69, 9.17) is 0 Å². The van der Waals surface area contributed by atoms with Crippen molar-refractivity contribution in [2.45, 2.75) is 6.92 Å². The zero-order valence-corrected chi connectivity index (χ0v) is 10.0. The van der Waals surface area contributed by atoms with Gasteiger partial charge in [0.2, 0.25) is 0 Å². The van der Waals surface area contributed by atoms with E-state index >= 15 is 0 Å². The summed E-state index contributed by atoms with van der Waals surface area (Å²) in [6, 6.07) is 3.02. The van der Waals surface area contributed by atoms with Gasteiger partial charge in [0.05, 0.1) is 0 Å². The normalized spacial score (nSPS) is 7.50. The SMILES string of the molecule is Cc1[c-]csc1.[Zn+][Br]. The van der Waals surface area contributed by atoms with Gasteiger partial charge in [0.1, 0.15) is 0 Å². The Morgan fingerprint density at radius 2 is 2.38 bits per heavy atom. The van der Waals surface area contributed by atoms with Gasteiger partial charge in [-0.1, -0.05) is 6.92 Å². The maximum absolute atomic E-state index is 3.06. The fourth-order valence-electron chi connectivity index (χ4n) is 0.297. The van der Waals surface area contributed by atoms with E-state index in [1.807, 2.05) is 12.3 Å². The first kappa shape index (κ1) is 8.80. The molecule has 0 aliphatic heterocycles. The second-order valence-electron chi connectivity index (χ2n) is 1.20. The van der Waals surface area contributed by atoms with Gasteiger partial charge in [-0.2, -0.15) is 5.38 Å². The van der Waals surface area contributed by atoms with E-state index < -0.39 is 0 Å². The van der Waals surface area contributed by atoms with Gasteiger partial charge < -0.3 is 0 Å². The second-order valence-corrected chi connectivity index (χ2v) is 1.94. The van der Waals surface area contributed by atoms with Crippen LogP contribution < -0.4 is 0 Å². The van der Waals surface area contributed by atoms with Crippen molar-refractivity contribution >= 4 is 25.0 Å². The first-order valence-electron chi connectivity index (χ1n) is 2.07. The Balaban J connectivity index is 0.000000222. The molecule has 0 saturated heterocycles. The third-order valence-corrected chi connectivity index (χ3v) is 1.34. The summed E-state index contributed by atoms with van der Waals surface area (Å²) >= 11 is 5.93. The summed E-state index contributed by atoms with van der Waals surface area (Å²) in [7, 11) is 0. The van der Waals surface area contributed by atoms with Crippen LogP contribution in [0, 0.1) is 13.0 Å². The average molecular weight is 242 g/mol. The van der Waals surface area contributed by atoms with Gasteiger partial charge in [0, 0.05) is 0 Å². The van der Waals surface area contributed by atoms with Gasteiger partial charge >= 0.3 is 30.0 Å². The third kappa shape index (κ3) is 3.76. The van der Waals surface area contributed by atoms with E-state index in [0.29, 0.717) is 0 Å². The molecule has 3 heteroatoms. The molecule has 0 aromatic carbocycles. The van der Waals surface area contributed by atoms with Gasteiger partial charge in [-0.15, -0.1) is 5.38 Å². The quantitative estimate of drug-likeness (QED) is 0.485. The van der Waals surface area contributed by atoms with Gasteiger partial charge in [-0.25, -0.2) is 11.6 Å². The summed E-state index contributed by atoms with van der Waals surface area (Å²) in [5.74, 6) is 0. The summed E-state index contributed by atoms with van der Waals surface area (Å²) in [5.41, 5.74) is 1.24. The molecule has 0 fully saturated rings. The van der Waals surface area contributed by atoms with Gasteiger partial charge in [0.15, 0.2) is 0 Å². The second kappa shape index (κ2) is 5.93. The Labute approximate surface area is 70.3 Å². The molecular weight excluding hydrogens is 237 g/mol. The molecule has 0 aliphatic carbocycles. The minimum absolute atomic E-state index is 1.19. The fourth-order valence-corrected chi connectivity index (χ4v) is 0.891. The molecule has 1 rings (SSSR count). The van der Waals surface area contributed by atoms with Crippen LogP contribution in [0.2, 0.25) is 0 Å².